The average Bonchev–Trinajstić information content (AvgIpc) is 2.04. The van der Waals surface area contributed by atoms with Gasteiger partial charge in [-0.3, -0.25) is 5.21 Å². The van der Waals surface area contributed by atoms with Crippen LogP contribution in [0.1, 0.15) is 26.3 Å². The Morgan fingerprint density at radius 1 is 1.15 bits per heavy atom. The van der Waals surface area contributed by atoms with E-state index in [9.17, 15) is 5.21 Å². The van der Waals surface area contributed by atoms with Gasteiger partial charge in [-0.05, 0) is 16.9 Å². The molecule has 0 bridgehead atoms. The van der Waals surface area contributed by atoms with E-state index in [1.54, 1.807) is 6.21 Å². The fraction of sp³-hybridized carbons (Fsp3) is 0.364. The summed E-state index contributed by atoms with van der Waals surface area (Å²) < 4.78 is 1.22. The molecule has 0 aliphatic heterocycles. The number of hydrogen-bond acceptors (Lipinski definition) is 1. The third kappa shape index (κ3) is 2.90. The maximum absolute atomic E-state index is 9.62. The minimum atomic E-state index is -0.254. The summed E-state index contributed by atoms with van der Waals surface area (Å²) in [6.45, 7) is 5.85. The monoisotopic (exact) mass is 178 g/mol. The van der Waals surface area contributed by atoms with Crippen molar-refractivity contribution in [3.05, 3.63) is 35.9 Å². The van der Waals surface area contributed by atoms with Gasteiger partial charge in [0.2, 0.25) is 11.8 Å². The largest absolute Gasteiger partial charge is 0.290 e. The van der Waals surface area contributed by atoms with Gasteiger partial charge in [0.25, 0.3) is 0 Å². The molecule has 2 heteroatoms. The van der Waals surface area contributed by atoms with Crippen LogP contribution in [0.25, 0.3) is 0 Å². The average molecular weight is 178 g/mol. The van der Waals surface area contributed by atoms with Gasteiger partial charge in [0.15, 0.2) is 0 Å². The molecule has 0 amide bonds. The predicted molar refractivity (Wildman–Crippen MR) is 53.4 cm³/mol. The molecule has 0 aromatic heterocycles. The maximum atomic E-state index is 9.62. The van der Waals surface area contributed by atoms with E-state index < -0.39 is 0 Å². The van der Waals surface area contributed by atoms with Crippen LogP contribution in [0.5, 0.6) is 0 Å². The zero-order valence-corrected chi connectivity index (χ0v) is 8.36. The second kappa shape index (κ2) is 3.60. The van der Waals surface area contributed by atoms with Crippen molar-refractivity contribution in [3.63, 3.8) is 0 Å². The molecule has 0 fully saturated rings. The molecule has 0 heterocycles. The SMILES string of the molecule is CC(C)(C)[N+](O)=Cc1ccccc1. The van der Waals surface area contributed by atoms with Crippen LogP contribution in [0, 0.1) is 0 Å². The summed E-state index contributed by atoms with van der Waals surface area (Å²) in [5, 5.41) is 9.62. The zero-order valence-electron chi connectivity index (χ0n) is 8.36. The Morgan fingerprint density at radius 3 is 2.15 bits per heavy atom. The van der Waals surface area contributed by atoms with Crippen LogP contribution in [-0.2, 0) is 0 Å². The van der Waals surface area contributed by atoms with E-state index in [0.717, 1.165) is 5.56 Å². The number of benzene rings is 1. The van der Waals surface area contributed by atoms with E-state index in [-0.39, 0.29) is 5.54 Å². The first kappa shape index (κ1) is 9.78. The Hall–Kier alpha value is -1.31. The fourth-order valence-electron chi connectivity index (χ4n) is 0.874. The van der Waals surface area contributed by atoms with Crippen molar-refractivity contribution in [3.8, 4) is 0 Å². The summed E-state index contributed by atoms with van der Waals surface area (Å²) >= 11 is 0. The minimum absolute atomic E-state index is 0.254. The molecule has 0 spiro atoms. The highest BCUT2D eigenvalue weighted by molar-refractivity contribution is 5.75. The molecule has 1 aromatic rings. The van der Waals surface area contributed by atoms with E-state index >= 15 is 0 Å². The van der Waals surface area contributed by atoms with E-state index in [0.29, 0.717) is 0 Å². The molecule has 1 aromatic carbocycles. The van der Waals surface area contributed by atoms with Crippen LogP contribution in [0.15, 0.2) is 30.3 Å². The van der Waals surface area contributed by atoms with Crippen molar-refractivity contribution in [2.75, 3.05) is 0 Å². The summed E-state index contributed by atoms with van der Waals surface area (Å²) in [4.78, 5) is 0. The van der Waals surface area contributed by atoms with Crippen LogP contribution >= 0.6 is 0 Å². The first-order chi connectivity index (χ1) is 6.00. The summed E-state index contributed by atoms with van der Waals surface area (Å²) in [5.74, 6) is 0. The van der Waals surface area contributed by atoms with Crippen molar-refractivity contribution in [1.82, 2.24) is 0 Å². The van der Waals surface area contributed by atoms with Crippen molar-refractivity contribution in [1.29, 1.82) is 0 Å². The van der Waals surface area contributed by atoms with Crippen LogP contribution in [-0.4, -0.2) is 21.7 Å². The van der Waals surface area contributed by atoms with Gasteiger partial charge < -0.3 is 0 Å². The number of rotatable bonds is 1. The van der Waals surface area contributed by atoms with Crippen molar-refractivity contribution in [2.24, 2.45) is 0 Å². The van der Waals surface area contributed by atoms with Crippen molar-refractivity contribution < 1.29 is 9.95 Å². The minimum Gasteiger partial charge on any atom is -0.290 e. The maximum Gasteiger partial charge on any atom is 0.223 e. The molecule has 0 atom stereocenters. The highest BCUT2D eigenvalue weighted by Crippen LogP contribution is 2.04. The summed E-state index contributed by atoms with van der Waals surface area (Å²) in [7, 11) is 0. The van der Waals surface area contributed by atoms with Crippen LogP contribution in [0.4, 0.5) is 0 Å². The molecule has 0 unspecified atom stereocenters. The van der Waals surface area contributed by atoms with Gasteiger partial charge in [-0.15, -0.1) is 0 Å². The van der Waals surface area contributed by atoms with Crippen LogP contribution in [0.3, 0.4) is 0 Å². The molecule has 70 valence electrons. The normalized spacial score (nSPS) is 13.0. The Kier molecular flexibility index (Phi) is 2.71. The lowest BCUT2D eigenvalue weighted by Crippen LogP contribution is -2.31. The Bertz CT molecular complexity index is 296. The summed E-state index contributed by atoms with van der Waals surface area (Å²) in [6.07, 6.45) is 1.72. The van der Waals surface area contributed by atoms with Crippen molar-refractivity contribution in [2.45, 2.75) is 26.3 Å². The van der Waals surface area contributed by atoms with Gasteiger partial charge in [-0.2, -0.15) is 0 Å². The molecule has 13 heavy (non-hydrogen) atoms. The van der Waals surface area contributed by atoms with E-state index in [2.05, 4.69) is 0 Å². The third-order valence-corrected chi connectivity index (χ3v) is 1.76. The molecular formula is C11H16NO+. The first-order valence-electron chi connectivity index (χ1n) is 4.38. The quantitative estimate of drug-likeness (QED) is 0.303. The fourth-order valence-corrected chi connectivity index (χ4v) is 0.874. The standard InChI is InChI=1S/C11H16NO/c1-11(2,3)12(13)9-10-7-5-4-6-8-10/h4-9,13H,1-3H3/q+1. The second-order valence-corrected chi connectivity index (χ2v) is 4.06. The second-order valence-electron chi connectivity index (χ2n) is 4.06. The van der Waals surface area contributed by atoms with Gasteiger partial charge in [0.05, 0.1) is 0 Å². The molecule has 0 radical (unpaired) electrons. The van der Waals surface area contributed by atoms with E-state index in [1.165, 1.54) is 4.74 Å². The first-order valence-corrected chi connectivity index (χ1v) is 4.38. The van der Waals surface area contributed by atoms with Gasteiger partial charge in [-0.1, -0.05) is 18.2 Å². The molecule has 2 nitrogen and oxygen atoms in total. The highest BCUT2D eigenvalue weighted by Gasteiger charge is 2.23. The number of nitrogens with zero attached hydrogens (tertiary/aromatic N) is 1. The Morgan fingerprint density at radius 2 is 1.69 bits per heavy atom. The lowest BCUT2D eigenvalue weighted by atomic mass is 10.1. The Balaban J connectivity index is 2.90. The molecule has 0 saturated heterocycles. The van der Waals surface area contributed by atoms with E-state index in [1.807, 2.05) is 51.1 Å². The lowest BCUT2D eigenvalue weighted by molar-refractivity contribution is -0.816. The van der Waals surface area contributed by atoms with Gasteiger partial charge in [-0.25, -0.2) is 0 Å². The number of hydrogen-bond donors (Lipinski definition) is 1. The molecule has 0 saturated carbocycles. The van der Waals surface area contributed by atoms with Gasteiger partial charge >= 0.3 is 0 Å². The topological polar surface area (TPSA) is 23.2 Å². The molecule has 0 aliphatic carbocycles. The molecule has 1 rings (SSSR count). The number of hydroxylamine groups is 1. The Labute approximate surface area is 79.1 Å². The molecule has 0 aliphatic rings. The lowest BCUT2D eigenvalue weighted by Gasteiger charge is -2.08. The third-order valence-electron chi connectivity index (χ3n) is 1.76. The zero-order chi connectivity index (χ0) is 9.90. The van der Waals surface area contributed by atoms with Gasteiger partial charge in [0.1, 0.15) is 0 Å². The van der Waals surface area contributed by atoms with Gasteiger partial charge in [0, 0.05) is 26.3 Å². The van der Waals surface area contributed by atoms with E-state index in [4.69, 9.17) is 0 Å². The summed E-state index contributed by atoms with van der Waals surface area (Å²) in [6, 6.07) is 9.75. The predicted octanol–water partition coefficient (Wildman–Crippen LogP) is 2.31. The van der Waals surface area contributed by atoms with Crippen LogP contribution < -0.4 is 0 Å². The molecular weight excluding hydrogens is 162 g/mol. The molecule has 1 N–H and O–H groups in total. The smallest absolute Gasteiger partial charge is 0.223 e. The summed E-state index contributed by atoms with van der Waals surface area (Å²) in [5.41, 5.74) is 0.746. The van der Waals surface area contributed by atoms with Crippen molar-refractivity contribution >= 4 is 6.21 Å². The van der Waals surface area contributed by atoms with Crippen LogP contribution in [0.2, 0.25) is 0 Å². The highest BCUT2D eigenvalue weighted by atomic mass is 16.5.